The second-order valence-electron chi connectivity index (χ2n) is 8.07. The van der Waals surface area contributed by atoms with E-state index in [-0.39, 0.29) is 0 Å². The summed E-state index contributed by atoms with van der Waals surface area (Å²) in [5, 5.41) is 3.87. The van der Waals surface area contributed by atoms with Crippen molar-refractivity contribution in [3.8, 4) is 0 Å². The summed E-state index contributed by atoms with van der Waals surface area (Å²) in [6, 6.07) is 2.41. The van der Waals surface area contributed by atoms with Crippen molar-refractivity contribution in [2.75, 3.05) is 32.7 Å². The van der Waals surface area contributed by atoms with Gasteiger partial charge in [0.25, 0.3) is 0 Å². The van der Waals surface area contributed by atoms with Gasteiger partial charge in [-0.2, -0.15) is 0 Å². The first kappa shape index (κ1) is 13.5. The predicted octanol–water partition coefficient (Wildman–Crippen LogP) is 1.79. The van der Waals surface area contributed by atoms with E-state index >= 15 is 0 Å². The van der Waals surface area contributed by atoms with Crippen LogP contribution in [0.5, 0.6) is 0 Å². The van der Waals surface area contributed by atoms with E-state index in [9.17, 15) is 0 Å². The van der Waals surface area contributed by atoms with Crippen LogP contribution in [0.2, 0.25) is 0 Å². The Morgan fingerprint density at radius 3 is 2.25 bits per heavy atom. The Morgan fingerprint density at radius 1 is 0.950 bits per heavy atom. The molecule has 3 unspecified atom stereocenters. The maximum Gasteiger partial charge on any atom is 0.0256 e. The van der Waals surface area contributed by atoms with Gasteiger partial charge < -0.3 is 10.2 Å². The van der Waals surface area contributed by atoms with Crippen molar-refractivity contribution in [2.45, 2.75) is 57.7 Å². The quantitative estimate of drug-likeness (QED) is 0.848. The molecular weight excluding hydrogens is 246 g/mol. The lowest BCUT2D eigenvalue weighted by molar-refractivity contribution is -0.0420. The summed E-state index contributed by atoms with van der Waals surface area (Å²) in [6.07, 6.45) is 5.84. The lowest BCUT2D eigenvalue weighted by Crippen LogP contribution is -2.67. The minimum absolute atomic E-state index is 0.760. The van der Waals surface area contributed by atoms with Crippen molar-refractivity contribution < 1.29 is 0 Å². The summed E-state index contributed by atoms with van der Waals surface area (Å²) >= 11 is 0. The van der Waals surface area contributed by atoms with Gasteiger partial charge in [-0.25, -0.2) is 0 Å². The van der Waals surface area contributed by atoms with E-state index in [0.29, 0.717) is 0 Å². The zero-order valence-corrected chi connectivity index (χ0v) is 13.2. The third-order valence-corrected chi connectivity index (χ3v) is 6.43. The molecular formula is C17H31N3. The van der Waals surface area contributed by atoms with Crippen molar-refractivity contribution in [1.29, 1.82) is 0 Å². The molecule has 5 fully saturated rings. The molecule has 0 aromatic rings. The highest BCUT2D eigenvalue weighted by molar-refractivity contribution is 5.01. The van der Waals surface area contributed by atoms with Gasteiger partial charge in [-0.05, 0) is 56.5 Å². The molecule has 5 aliphatic rings. The fourth-order valence-corrected chi connectivity index (χ4v) is 4.94. The van der Waals surface area contributed by atoms with Crippen LogP contribution in [0.15, 0.2) is 0 Å². The van der Waals surface area contributed by atoms with Crippen LogP contribution in [0.4, 0.5) is 0 Å². The number of hydrogen-bond donors (Lipinski definition) is 1. The SMILES string of the molecule is CC(C)C1CNC(C2CC2)CN1C1CN2CCC1CC2. The highest BCUT2D eigenvalue weighted by Crippen LogP contribution is 2.38. The minimum Gasteiger partial charge on any atom is -0.311 e. The van der Waals surface area contributed by atoms with E-state index < -0.39 is 0 Å². The van der Waals surface area contributed by atoms with Crippen molar-refractivity contribution in [3.63, 3.8) is 0 Å². The molecule has 3 atom stereocenters. The van der Waals surface area contributed by atoms with Crippen LogP contribution in [-0.2, 0) is 0 Å². The molecule has 1 saturated carbocycles. The third-order valence-electron chi connectivity index (χ3n) is 6.43. The van der Waals surface area contributed by atoms with E-state index in [2.05, 4.69) is 29.0 Å². The van der Waals surface area contributed by atoms with Crippen molar-refractivity contribution >= 4 is 0 Å². The number of piperidine rings is 3. The summed E-state index contributed by atoms with van der Waals surface area (Å²) in [6.45, 7) is 11.5. The highest BCUT2D eigenvalue weighted by Gasteiger charge is 2.44. The first-order chi connectivity index (χ1) is 9.72. The maximum atomic E-state index is 3.87. The molecule has 114 valence electrons. The Morgan fingerprint density at radius 2 is 1.70 bits per heavy atom. The average molecular weight is 277 g/mol. The van der Waals surface area contributed by atoms with E-state index in [4.69, 9.17) is 0 Å². The Kier molecular flexibility index (Phi) is 3.56. The lowest BCUT2D eigenvalue weighted by atomic mass is 9.81. The molecule has 4 heterocycles. The standard InChI is InChI=1S/C17H31N3/c1-12(2)16-9-18-15(13-3-4-13)10-20(16)17-11-19-7-5-14(17)6-8-19/h12-18H,3-11H2,1-2H3. The first-order valence-electron chi connectivity index (χ1n) is 8.94. The maximum absolute atomic E-state index is 3.87. The van der Waals surface area contributed by atoms with Crippen LogP contribution in [0.25, 0.3) is 0 Å². The van der Waals surface area contributed by atoms with Gasteiger partial charge in [0.05, 0.1) is 0 Å². The number of nitrogens with zero attached hydrogens (tertiary/aromatic N) is 2. The summed E-state index contributed by atoms with van der Waals surface area (Å²) in [5.74, 6) is 2.75. The second-order valence-corrected chi connectivity index (χ2v) is 8.07. The van der Waals surface area contributed by atoms with Crippen LogP contribution in [-0.4, -0.2) is 60.6 Å². The summed E-state index contributed by atoms with van der Waals surface area (Å²) < 4.78 is 0. The topological polar surface area (TPSA) is 18.5 Å². The third kappa shape index (κ3) is 2.42. The van der Waals surface area contributed by atoms with Crippen LogP contribution in [0.1, 0.15) is 39.5 Å². The highest BCUT2D eigenvalue weighted by atomic mass is 15.3. The second kappa shape index (κ2) is 5.26. The van der Waals surface area contributed by atoms with E-state index in [1.54, 1.807) is 0 Å². The van der Waals surface area contributed by atoms with Crippen molar-refractivity contribution in [3.05, 3.63) is 0 Å². The fraction of sp³-hybridized carbons (Fsp3) is 1.00. The lowest BCUT2D eigenvalue weighted by Gasteiger charge is -2.54. The molecule has 0 radical (unpaired) electrons. The van der Waals surface area contributed by atoms with Gasteiger partial charge in [-0.3, -0.25) is 4.90 Å². The zero-order chi connectivity index (χ0) is 13.7. The van der Waals surface area contributed by atoms with Gasteiger partial charge in [-0.1, -0.05) is 13.8 Å². The number of fused-ring (bicyclic) bond motifs is 3. The van der Waals surface area contributed by atoms with E-state index in [1.165, 1.54) is 58.4 Å². The molecule has 4 aliphatic heterocycles. The predicted molar refractivity (Wildman–Crippen MR) is 82.8 cm³/mol. The normalized spacial score (nSPS) is 46.0. The Labute approximate surface area is 124 Å². The molecule has 3 heteroatoms. The Balaban J connectivity index is 1.51. The van der Waals surface area contributed by atoms with E-state index in [1.807, 2.05) is 0 Å². The molecule has 0 aromatic carbocycles. The molecule has 1 N–H and O–H groups in total. The van der Waals surface area contributed by atoms with Gasteiger partial charge in [0, 0.05) is 37.8 Å². The molecule has 1 aliphatic carbocycles. The van der Waals surface area contributed by atoms with Crippen LogP contribution >= 0.6 is 0 Å². The molecule has 0 aromatic heterocycles. The smallest absolute Gasteiger partial charge is 0.0256 e. The fourth-order valence-electron chi connectivity index (χ4n) is 4.94. The molecule has 5 rings (SSSR count). The van der Waals surface area contributed by atoms with Gasteiger partial charge in [0.2, 0.25) is 0 Å². The Hall–Kier alpha value is -0.120. The van der Waals surface area contributed by atoms with Gasteiger partial charge in [0.15, 0.2) is 0 Å². The molecule has 0 amide bonds. The monoisotopic (exact) mass is 277 g/mol. The Bertz CT molecular complexity index is 344. The van der Waals surface area contributed by atoms with Crippen LogP contribution < -0.4 is 5.32 Å². The largest absolute Gasteiger partial charge is 0.311 e. The number of piperazine rings is 1. The average Bonchev–Trinajstić information content (AvgIpc) is 3.32. The molecule has 0 spiro atoms. The summed E-state index contributed by atoms with van der Waals surface area (Å²) in [4.78, 5) is 5.66. The number of nitrogens with one attached hydrogen (secondary N) is 1. The number of rotatable bonds is 3. The van der Waals surface area contributed by atoms with Gasteiger partial charge in [-0.15, -0.1) is 0 Å². The van der Waals surface area contributed by atoms with E-state index in [0.717, 1.165) is 35.9 Å². The van der Waals surface area contributed by atoms with Crippen LogP contribution in [0.3, 0.4) is 0 Å². The molecule has 3 nitrogen and oxygen atoms in total. The summed E-state index contributed by atoms with van der Waals surface area (Å²) in [7, 11) is 0. The molecule has 4 saturated heterocycles. The summed E-state index contributed by atoms with van der Waals surface area (Å²) in [5.41, 5.74) is 0. The van der Waals surface area contributed by atoms with Gasteiger partial charge in [0.1, 0.15) is 0 Å². The molecule has 20 heavy (non-hydrogen) atoms. The minimum atomic E-state index is 0.760. The number of hydrogen-bond acceptors (Lipinski definition) is 3. The van der Waals surface area contributed by atoms with Gasteiger partial charge >= 0.3 is 0 Å². The van der Waals surface area contributed by atoms with Crippen LogP contribution in [0, 0.1) is 17.8 Å². The van der Waals surface area contributed by atoms with Crippen molar-refractivity contribution in [2.24, 2.45) is 17.8 Å². The molecule has 2 bridgehead atoms. The first-order valence-corrected chi connectivity index (χ1v) is 8.94. The zero-order valence-electron chi connectivity index (χ0n) is 13.2. The van der Waals surface area contributed by atoms with Crippen molar-refractivity contribution in [1.82, 2.24) is 15.1 Å².